The third-order valence-corrected chi connectivity index (χ3v) is 12.5. The Morgan fingerprint density at radius 1 is 0.704 bits per heavy atom. The van der Waals surface area contributed by atoms with E-state index >= 15 is 0 Å². The van der Waals surface area contributed by atoms with Gasteiger partial charge in [-0.1, -0.05) is 93.9 Å². The van der Waals surface area contributed by atoms with E-state index < -0.39 is 5.91 Å². The fourth-order valence-corrected chi connectivity index (χ4v) is 8.60. The molecule has 4 N–H and O–H groups in total. The number of ether oxygens (including phenoxy) is 1. The molecule has 5 aromatic carbocycles. The van der Waals surface area contributed by atoms with E-state index in [9.17, 15) is 9.59 Å². The smallest absolute Gasteiger partial charge is 0.337 e. The van der Waals surface area contributed by atoms with E-state index in [-0.39, 0.29) is 5.97 Å². The molecule has 0 bridgehead atoms. The number of hydrogen-bond donors (Lipinski definition) is 3. The Morgan fingerprint density at radius 2 is 1.15 bits per heavy atom. The van der Waals surface area contributed by atoms with Crippen LogP contribution in [0.2, 0.25) is 30.1 Å². The lowest BCUT2D eigenvalue weighted by Crippen LogP contribution is -2.18. The Kier molecular flexibility index (Phi) is 15.1. The standard InChI is InChI=1S/C16H11Cl2NO2S.C15H10Cl2N2O2S.C6H4Cl2IN/c1-21-16(20)10-4-2-3-9(5-10)6-15-19-13-7-11(17)12(18)8-14(13)22-15;16-10-6-12-13(7-11(10)17)22-14(18-12)5-8-2-1-3-9(4-8)15(20)19-21;7-3-1-5(9)6(10)2-4(3)8/h2-5,7-8H,6H2,1H3;1-4,6-7,21H,5H2,(H,19,20);1-2H,10H2. The molecule has 0 saturated heterocycles. The molecule has 17 heteroatoms. The largest absolute Gasteiger partial charge is 0.465 e. The van der Waals surface area contributed by atoms with Crippen molar-refractivity contribution in [1.29, 1.82) is 0 Å². The van der Waals surface area contributed by atoms with Crippen molar-refractivity contribution in [3.63, 3.8) is 0 Å². The van der Waals surface area contributed by atoms with Gasteiger partial charge in [0.05, 0.1) is 73.3 Å². The number of methoxy groups -OCH3 is 1. The number of nitrogen functional groups attached to an aromatic ring is 1. The van der Waals surface area contributed by atoms with Crippen molar-refractivity contribution >= 4 is 153 Å². The predicted octanol–water partition coefficient (Wildman–Crippen LogP) is 12.5. The average molecular weight is 993 g/mol. The number of hydroxylamine groups is 1. The number of fused-ring (bicyclic) bond motifs is 2. The van der Waals surface area contributed by atoms with Gasteiger partial charge in [0.25, 0.3) is 5.91 Å². The molecule has 0 spiro atoms. The first-order chi connectivity index (χ1) is 25.7. The van der Waals surface area contributed by atoms with Gasteiger partial charge >= 0.3 is 5.97 Å². The lowest BCUT2D eigenvalue weighted by molar-refractivity contribution is 0.0600. The maximum absolute atomic E-state index is 11.6. The number of nitrogens with zero attached hydrogens (tertiary/aromatic N) is 2. The van der Waals surface area contributed by atoms with Crippen molar-refractivity contribution in [2.45, 2.75) is 12.8 Å². The van der Waals surface area contributed by atoms with Gasteiger partial charge in [0.15, 0.2) is 0 Å². The van der Waals surface area contributed by atoms with Crippen LogP contribution < -0.4 is 11.2 Å². The van der Waals surface area contributed by atoms with E-state index in [4.69, 9.17) is 85.3 Å². The summed E-state index contributed by atoms with van der Waals surface area (Å²) in [5, 5.41) is 13.6. The van der Waals surface area contributed by atoms with Gasteiger partial charge in [0.1, 0.15) is 0 Å². The van der Waals surface area contributed by atoms with E-state index in [1.54, 1.807) is 71.4 Å². The number of esters is 1. The lowest BCUT2D eigenvalue weighted by atomic mass is 10.1. The number of nitrogens with one attached hydrogen (secondary N) is 1. The first-order valence-corrected chi connectivity index (χ1v) is 20.3. The molecule has 2 aromatic heterocycles. The molecule has 0 atom stereocenters. The fraction of sp³-hybridized carbons (Fsp3) is 0.0811. The van der Waals surface area contributed by atoms with E-state index in [0.29, 0.717) is 59.8 Å². The van der Waals surface area contributed by atoms with Crippen molar-refractivity contribution in [1.82, 2.24) is 15.4 Å². The van der Waals surface area contributed by atoms with E-state index in [0.717, 1.165) is 45.1 Å². The highest BCUT2D eigenvalue weighted by atomic mass is 127. The summed E-state index contributed by atoms with van der Waals surface area (Å²) in [4.78, 5) is 32.1. The molecule has 54 heavy (non-hydrogen) atoms. The van der Waals surface area contributed by atoms with Crippen LogP contribution in [0.3, 0.4) is 0 Å². The third kappa shape index (κ3) is 11.1. The molecule has 0 aliphatic heterocycles. The molecule has 0 radical (unpaired) electrons. The zero-order valence-electron chi connectivity index (χ0n) is 27.6. The molecular weight excluding hydrogens is 968 g/mol. The monoisotopic (exact) mass is 990 g/mol. The molecular formula is C37H25Cl6IN4O4S2. The van der Waals surface area contributed by atoms with E-state index in [1.165, 1.54) is 18.4 Å². The van der Waals surface area contributed by atoms with Gasteiger partial charge in [-0.3, -0.25) is 10.0 Å². The third-order valence-electron chi connectivity index (χ3n) is 7.34. The Morgan fingerprint density at radius 3 is 1.63 bits per heavy atom. The Labute approximate surface area is 361 Å². The van der Waals surface area contributed by atoms with Gasteiger partial charge in [-0.15, -0.1) is 22.7 Å². The van der Waals surface area contributed by atoms with Gasteiger partial charge in [0, 0.05) is 27.7 Å². The number of hydrogen-bond acceptors (Lipinski definition) is 9. The van der Waals surface area contributed by atoms with Gasteiger partial charge < -0.3 is 10.5 Å². The summed E-state index contributed by atoms with van der Waals surface area (Å²) < 4.78 is 7.62. The topological polar surface area (TPSA) is 127 Å². The maximum atomic E-state index is 11.6. The van der Waals surface area contributed by atoms with Gasteiger partial charge in [0.2, 0.25) is 0 Å². The average Bonchev–Trinajstić information content (AvgIpc) is 3.72. The number of anilines is 1. The number of rotatable bonds is 6. The zero-order valence-corrected chi connectivity index (χ0v) is 35.9. The van der Waals surface area contributed by atoms with E-state index in [1.807, 2.05) is 30.3 Å². The molecule has 7 rings (SSSR count). The number of nitrogens with two attached hydrogens (primary N) is 1. The Bertz CT molecular complexity index is 2230. The zero-order chi connectivity index (χ0) is 39.1. The minimum absolute atomic E-state index is 0.343. The molecule has 0 saturated carbocycles. The summed E-state index contributed by atoms with van der Waals surface area (Å²) in [5.41, 5.74) is 12.3. The van der Waals surface area contributed by atoms with Crippen LogP contribution in [-0.4, -0.2) is 34.2 Å². The Hall–Kier alpha value is -2.95. The summed E-state index contributed by atoms with van der Waals surface area (Å²) in [6, 6.07) is 24.9. The lowest BCUT2D eigenvalue weighted by Gasteiger charge is -2.02. The van der Waals surface area contributed by atoms with Gasteiger partial charge in [-0.2, -0.15) is 0 Å². The van der Waals surface area contributed by atoms with Crippen LogP contribution >= 0.6 is 115 Å². The molecule has 0 fully saturated rings. The molecule has 278 valence electrons. The fourth-order valence-electron chi connectivity index (χ4n) is 4.79. The predicted molar refractivity (Wildman–Crippen MR) is 232 cm³/mol. The highest BCUT2D eigenvalue weighted by molar-refractivity contribution is 14.1. The first kappa shape index (κ1) is 42.2. The highest BCUT2D eigenvalue weighted by Crippen LogP contribution is 2.33. The molecule has 0 aliphatic rings. The van der Waals surface area contributed by atoms with Crippen LogP contribution in [0.1, 0.15) is 41.9 Å². The number of halogens is 7. The van der Waals surface area contributed by atoms with Crippen LogP contribution in [0.25, 0.3) is 20.4 Å². The van der Waals surface area contributed by atoms with Crippen molar-refractivity contribution < 1.29 is 19.5 Å². The molecule has 0 unspecified atom stereocenters. The van der Waals surface area contributed by atoms with Crippen LogP contribution in [-0.2, 0) is 17.6 Å². The molecule has 0 aliphatic carbocycles. The molecule has 1 amide bonds. The molecule has 8 nitrogen and oxygen atoms in total. The Balaban J connectivity index is 0.000000167. The van der Waals surface area contributed by atoms with E-state index in [2.05, 4.69) is 32.6 Å². The van der Waals surface area contributed by atoms with Crippen molar-refractivity contribution in [2.75, 3.05) is 12.8 Å². The number of benzene rings is 5. The van der Waals surface area contributed by atoms with Crippen molar-refractivity contribution in [3.05, 3.63) is 151 Å². The van der Waals surface area contributed by atoms with Crippen LogP contribution in [0.4, 0.5) is 5.69 Å². The molecule has 7 aromatic rings. The number of amides is 1. The second-order valence-electron chi connectivity index (χ2n) is 11.2. The van der Waals surface area contributed by atoms with Gasteiger partial charge in [-0.25, -0.2) is 20.2 Å². The van der Waals surface area contributed by atoms with Crippen LogP contribution in [0, 0.1) is 3.57 Å². The highest BCUT2D eigenvalue weighted by Gasteiger charge is 2.12. The maximum Gasteiger partial charge on any atom is 0.337 e. The number of carbonyl (C=O) groups excluding carboxylic acids is 2. The first-order valence-electron chi connectivity index (χ1n) is 15.3. The number of thiazole rings is 2. The minimum atomic E-state index is -0.537. The number of aromatic nitrogens is 2. The number of carbonyl (C=O) groups is 2. The van der Waals surface area contributed by atoms with Crippen LogP contribution in [0.5, 0.6) is 0 Å². The summed E-state index contributed by atoms with van der Waals surface area (Å²) in [6.07, 6.45) is 1.22. The molecule has 2 heterocycles. The SMILES string of the molecule is COC(=O)c1cccc(Cc2nc3cc(Cl)c(Cl)cc3s2)c1.Nc1cc(Cl)c(Cl)cc1I.O=C(NO)c1cccc(Cc2nc3cc(Cl)c(Cl)cc3s2)c1. The summed E-state index contributed by atoms with van der Waals surface area (Å²) in [6.45, 7) is 0. The quantitative estimate of drug-likeness (QED) is 0.0378. The van der Waals surface area contributed by atoms with Crippen molar-refractivity contribution in [2.24, 2.45) is 0 Å². The summed E-state index contributed by atoms with van der Waals surface area (Å²) in [5.74, 6) is -0.880. The van der Waals surface area contributed by atoms with Crippen molar-refractivity contribution in [3.8, 4) is 0 Å². The summed E-state index contributed by atoms with van der Waals surface area (Å²) in [7, 11) is 1.37. The van der Waals surface area contributed by atoms with Crippen LogP contribution in [0.15, 0.2) is 84.9 Å². The minimum Gasteiger partial charge on any atom is -0.465 e. The second-order valence-corrected chi connectivity index (χ2v) is 17.0. The normalized spacial score (nSPS) is 10.7. The van der Waals surface area contributed by atoms with Gasteiger partial charge in [-0.05, 0) is 94.4 Å². The summed E-state index contributed by atoms with van der Waals surface area (Å²) >= 11 is 40.6. The second kappa shape index (κ2) is 19.3.